The van der Waals surface area contributed by atoms with Gasteiger partial charge in [0.15, 0.2) is 0 Å². The van der Waals surface area contributed by atoms with Gasteiger partial charge in [-0.2, -0.15) is 0 Å². The van der Waals surface area contributed by atoms with E-state index in [4.69, 9.17) is 4.74 Å². The second-order valence-electron chi connectivity index (χ2n) is 6.79. The molecule has 0 aliphatic heterocycles. The van der Waals surface area contributed by atoms with E-state index in [-0.39, 0.29) is 0 Å². The lowest BCUT2D eigenvalue weighted by Gasteiger charge is -2.33. The van der Waals surface area contributed by atoms with E-state index < -0.39 is 8.07 Å². The molecule has 3 heteroatoms. The smallest absolute Gasteiger partial charge is 0.0992 e. The lowest BCUT2D eigenvalue weighted by Crippen LogP contribution is -2.42. The van der Waals surface area contributed by atoms with Crippen molar-refractivity contribution < 1.29 is 4.74 Å². The van der Waals surface area contributed by atoms with Crippen LogP contribution in [-0.2, 0) is 4.74 Å². The third-order valence-corrected chi connectivity index (χ3v) is 4.76. The van der Waals surface area contributed by atoms with E-state index in [1.165, 1.54) is 18.2 Å². The van der Waals surface area contributed by atoms with Crippen molar-refractivity contribution in [2.45, 2.75) is 52.4 Å². The van der Waals surface area contributed by atoms with Gasteiger partial charge in [0.1, 0.15) is 0 Å². The molecule has 0 heterocycles. The zero-order chi connectivity index (χ0) is 15.0. The van der Waals surface area contributed by atoms with Crippen molar-refractivity contribution in [2.24, 2.45) is 0 Å². The minimum Gasteiger partial charge on any atom is -0.366 e. The monoisotopic (exact) mass is 293 g/mol. The molecule has 0 aliphatic carbocycles. The second kappa shape index (κ2) is 8.60. The zero-order valence-corrected chi connectivity index (χ0v) is 14.9. The van der Waals surface area contributed by atoms with Crippen molar-refractivity contribution in [1.29, 1.82) is 0 Å². The maximum absolute atomic E-state index is 5.87. The lowest BCUT2D eigenvalue weighted by atomic mass is 10.1. The maximum Gasteiger partial charge on any atom is 0.0992 e. The number of hydrogen-bond acceptors (Lipinski definition) is 2. The van der Waals surface area contributed by atoms with Crippen LogP contribution in [0.3, 0.4) is 0 Å². The summed E-state index contributed by atoms with van der Waals surface area (Å²) in [5, 5.41) is 0. The Morgan fingerprint density at radius 2 is 1.80 bits per heavy atom. The molecule has 0 spiro atoms. The van der Waals surface area contributed by atoms with Crippen molar-refractivity contribution >= 4 is 8.07 Å². The van der Waals surface area contributed by atoms with E-state index in [1.54, 1.807) is 0 Å². The predicted octanol–water partition coefficient (Wildman–Crippen LogP) is 4.70. The number of rotatable bonds is 9. The van der Waals surface area contributed by atoms with Crippen LogP contribution in [0.15, 0.2) is 30.3 Å². The van der Waals surface area contributed by atoms with Gasteiger partial charge in [0.25, 0.3) is 0 Å². The van der Waals surface area contributed by atoms with Crippen molar-refractivity contribution in [3.05, 3.63) is 35.9 Å². The molecule has 0 amide bonds. The number of benzene rings is 1. The highest BCUT2D eigenvalue weighted by Crippen LogP contribution is 2.21. The third kappa shape index (κ3) is 6.68. The molecule has 0 fully saturated rings. The standard InChI is InChI=1S/C17H31NOSi/c1-6-7-13-19-14-18(15-20(3,4)5)16(2)17-11-9-8-10-12-17/h8-12,16H,6-7,13-15H2,1-5H3/t16-/m0/s1. The van der Waals surface area contributed by atoms with Gasteiger partial charge in [-0.3, -0.25) is 4.90 Å². The molecule has 1 aromatic rings. The summed E-state index contributed by atoms with van der Waals surface area (Å²) < 4.78 is 5.87. The first-order valence-electron chi connectivity index (χ1n) is 7.81. The Labute approximate surface area is 126 Å². The summed E-state index contributed by atoms with van der Waals surface area (Å²) >= 11 is 0. The van der Waals surface area contributed by atoms with Crippen molar-refractivity contribution in [2.75, 3.05) is 19.5 Å². The molecule has 2 nitrogen and oxygen atoms in total. The topological polar surface area (TPSA) is 12.5 Å². The molecule has 0 radical (unpaired) electrons. The van der Waals surface area contributed by atoms with Crippen LogP contribution in [0.2, 0.25) is 19.6 Å². The van der Waals surface area contributed by atoms with E-state index in [2.05, 4.69) is 68.7 Å². The summed E-state index contributed by atoms with van der Waals surface area (Å²) in [6.45, 7) is 13.4. The van der Waals surface area contributed by atoms with E-state index in [1.807, 2.05) is 0 Å². The third-order valence-electron chi connectivity index (χ3n) is 3.41. The number of hydrogen-bond donors (Lipinski definition) is 0. The maximum atomic E-state index is 5.87. The molecule has 1 aromatic carbocycles. The van der Waals surface area contributed by atoms with E-state index in [9.17, 15) is 0 Å². The van der Waals surface area contributed by atoms with Crippen LogP contribution in [0.1, 0.15) is 38.3 Å². The van der Waals surface area contributed by atoms with Crippen LogP contribution in [0, 0.1) is 0 Å². The van der Waals surface area contributed by atoms with Crippen LogP contribution < -0.4 is 0 Å². The average Bonchev–Trinajstić information content (AvgIpc) is 2.41. The Morgan fingerprint density at radius 3 is 2.35 bits per heavy atom. The van der Waals surface area contributed by atoms with Gasteiger partial charge in [-0.05, 0) is 25.1 Å². The number of unbranched alkanes of at least 4 members (excludes halogenated alkanes) is 1. The quantitative estimate of drug-likeness (QED) is 0.372. The van der Waals surface area contributed by atoms with E-state index in [0.717, 1.165) is 19.8 Å². The average molecular weight is 294 g/mol. The van der Waals surface area contributed by atoms with Gasteiger partial charge in [0.05, 0.1) is 14.8 Å². The Morgan fingerprint density at radius 1 is 1.15 bits per heavy atom. The largest absolute Gasteiger partial charge is 0.366 e. The number of ether oxygens (including phenoxy) is 1. The molecule has 1 atom stereocenters. The van der Waals surface area contributed by atoms with Crippen LogP contribution in [-0.4, -0.2) is 32.5 Å². The molecule has 0 N–H and O–H groups in total. The zero-order valence-electron chi connectivity index (χ0n) is 13.9. The first-order valence-corrected chi connectivity index (χ1v) is 11.5. The summed E-state index contributed by atoms with van der Waals surface area (Å²) in [5.41, 5.74) is 1.38. The Bertz CT molecular complexity index is 361. The summed E-state index contributed by atoms with van der Waals surface area (Å²) in [4.78, 5) is 2.50. The molecule has 20 heavy (non-hydrogen) atoms. The Balaban J connectivity index is 2.66. The van der Waals surface area contributed by atoms with E-state index >= 15 is 0 Å². The van der Waals surface area contributed by atoms with Crippen LogP contribution >= 0.6 is 0 Å². The van der Waals surface area contributed by atoms with Crippen molar-refractivity contribution in [3.63, 3.8) is 0 Å². The molecular weight excluding hydrogens is 262 g/mol. The number of nitrogens with zero attached hydrogens (tertiary/aromatic N) is 1. The highest BCUT2D eigenvalue weighted by atomic mass is 28.3. The van der Waals surface area contributed by atoms with Gasteiger partial charge < -0.3 is 4.74 Å². The molecule has 0 bridgehead atoms. The van der Waals surface area contributed by atoms with Gasteiger partial charge in [-0.25, -0.2) is 0 Å². The fraction of sp³-hybridized carbons (Fsp3) is 0.647. The predicted molar refractivity (Wildman–Crippen MR) is 90.6 cm³/mol. The van der Waals surface area contributed by atoms with Gasteiger partial charge in [0.2, 0.25) is 0 Å². The van der Waals surface area contributed by atoms with Crippen LogP contribution in [0.5, 0.6) is 0 Å². The molecule has 0 saturated heterocycles. The second-order valence-corrected chi connectivity index (χ2v) is 12.2. The van der Waals surface area contributed by atoms with Crippen LogP contribution in [0.25, 0.3) is 0 Å². The lowest BCUT2D eigenvalue weighted by molar-refractivity contribution is 0.0163. The van der Waals surface area contributed by atoms with Gasteiger partial charge in [-0.1, -0.05) is 63.3 Å². The van der Waals surface area contributed by atoms with Crippen LogP contribution in [0.4, 0.5) is 0 Å². The first-order chi connectivity index (χ1) is 9.44. The Hall–Kier alpha value is -0.643. The minimum absolute atomic E-state index is 0.421. The van der Waals surface area contributed by atoms with Gasteiger partial charge >= 0.3 is 0 Å². The molecule has 1 rings (SSSR count). The van der Waals surface area contributed by atoms with Gasteiger partial charge in [-0.15, -0.1) is 0 Å². The fourth-order valence-electron chi connectivity index (χ4n) is 2.27. The molecule has 0 saturated carbocycles. The normalized spacial score (nSPS) is 13.7. The summed E-state index contributed by atoms with van der Waals surface area (Å²) in [6, 6.07) is 11.2. The molecular formula is C17H31NOSi. The summed E-state index contributed by atoms with van der Waals surface area (Å²) in [7, 11) is -1.14. The summed E-state index contributed by atoms with van der Waals surface area (Å²) in [5.74, 6) is 0. The summed E-state index contributed by atoms with van der Waals surface area (Å²) in [6.07, 6.45) is 3.53. The SMILES string of the molecule is CCCCOCN(C[Si](C)(C)C)[C@@H](C)c1ccccc1. The highest BCUT2D eigenvalue weighted by Gasteiger charge is 2.23. The molecule has 0 aliphatic rings. The Kier molecular flexibility index (Phi) is 7.49. The van der Waals surface area contributed by atoms with E-state index in [0.29, 0.717) is 6.04 Å². The molecule has 0 unspecified atom stereocenters. The minimum atomic E-state index is -1.14. The molecule has 0 aromatic heterocycles. The van der Waals surface area contributed by atoms with Gasteiger partial charge in [0, 0.05) is 12.6 Å². The van der Waals surface area contributed by atoms with Crippen molar-refractivity contribution in [1.82, 2.24) is 4.90 Å². The van der Waals surface area contributed by atoms with Crippen molar-refractivity contribution in [3.8, 4) is 0 Å². The fourth-order valence-corrected chi connectivity index (χ4v) is 3.86. The first kappa shape index (κ1) is 17.4. The highest BCUT2D eigenvalue weighted by molar-refractivity contribution is 6.76. The molecule has 114 valence electrons.